The number of benzene rings is 2. The molecule has 152 valence electrons. The summed E-state index contributed by atoms with van der Waals surface area (Å²) < 4.78 is 30.8. The molecule has 0 aliphatic carbocycles. The Morgan fingerprint density at radius 3 is 2.55 bits per heavy atom. The number of para-hydroxylation sites is 1. The first-order valence-corrected chi connectivity index (χ1v) is 10.8. The molecule has 3 rings (SSSR count). The first kappa shape index (κ1) is 20.5. The van der Waals surface area contributed by atoms with Crippen molar-refractivity contribution < 1.29 is 17.7 Å². The van der Waals surface area contributed by atoms with E-state index in [4.69, 9.17) is 4.52 Å². The van der Waals surface area contributed by atoms with Crippen molar-refractivity contribution in [3.05, 3.63) is 66.1 Å². The summed E-state index contributed by atoms with van der Waals surface area (Å²) >= 11 is 0. The number of nitrogens with one attached hydrogen (secondary N) is 1. The Labute approximate surface area is 169 Å². The van der Waals surface area contributed by atoms with E-state index in [0.29, 0.717) is 11.5 Å². The van der Waals surface area contributed by atoms with Gasteiger partial charge in [0.05, 0.1) is 18.5 Å². The van der Waals surface area contributed by atoms with Crippen molar-refractivity contribution in [3.63, 3.8) is 0 Å². The minimum atomic E-state index is -3.66. The lowest BCUT2D eigenvalue weighted by molar-refractivity contribution is -0.122. The Hall–Kier alpha value is -3.20. The molecule has 0 radical (unpaired) electrons. The van der Waals surface area contributed by atoms with Crippen molar-refractivity contribution in [3.8, 4) is 11.4 Å². The fraction of sp³-hybridized carbons (Fsp3) is 0.250. The van der Waals surface area contributed by atoms with Crippen LogP contribution in [0, 0.1) is 6.92 Å². The number of hydrogen-bond acceptors (Lipinski definition) is 6. The molecule has 0 fully saturated rings. The maximum absolute atomic E-state index is 12.6. The average molecular weight is 414 g/mol. The summed E-state index contributed by atoms with van der Waals surface area (Å²) in [5, 5.41) is 6.58. The summed E-state index contributed by atoms with van der Waals surface area (Å²) in [7, 11) is -3.66. The third kappa shape index (κ3) is 5.00. The Kier molecular flexibility index (Phi) is 5.97. The van der Waals surface area contributed by atoms with Gasteiger partial charge in [-0.2, -0.15) is 4.98 Å². The van der Waals surface area contributed by atoms with Gasteiger partial charge in [0.1, 0.15) is 6.04 Å². The Morgan fingerprint density at radius 2 is 1.90 bits per heavy atom. The molecule has 8 nitrogen and oxygen atoms in total. The molecule has 0 unspecified atom stereocenters. The highest BCUT2D eigenvalue weighted by Gasteiger charge is 2.29. The molecular weight excluding hydrogens is 392 g/mol. The minimum Gasteiger partial charge on any atom is -0.345 e. The maximum Gasteiger partial charge on any atom is 0.246 e. The normalized spacial score (nSPS) is 12.4. The van der Waals surface area contributed by atoms with Crippen LogP contribution < -0.4 is 9.62 Å². The van der Waals surface area contributed by atoms with Gasteiger partial charge in [-0.05, 0) is 32.0 Å². The molecule has 0 aliphatic rings. The molecule has 0 bridgehead atoms. The summed E-state index contributed by atoms with van der Waals surface area (Å²) in [6.07, 6.45) is 1.07. The number of carbonyl (C=O) groups excluding carboxylic acids is 1. The van der Waals surface area contributed by atoms with Crippen molar-refractivity contribution in [2.24, 2.45) is 0 Å². The van der Waals surface area contributed by atoms with Gasteiger partial charge < -0.3 is 9.84 Å². The van der Waals surface area contributed by atoms with Gasteiger partial charge in [0.2, 0.25) is 27.6 Å². The van der Waals surface area contributed by atoms with E-state index in [9.17, 15) is 13.2 Å². The standard InChI is InChI=1S/C20H22N4O4S/c1-14-8-7-9-16(12-14)19-22-18(28-23-19)13-21-20(25)15(2)24(29(3,26)27)17-10-5-4-6-11-17/h4-12,15H,13H2,1-3H3,(H,21,25)/t15-/m0/s1. The van der Waals surface area contributed by atoms with E-state index in [2.05, 4.69) is 15.5 Å². The number of anilines is 1. The van der Waals surface area contributed by atoms with E-state index < -0.39 is 22.0 Å². The van der Waals surface area contributed by atoms with E-state index in [1.54, 1.807) is 30.3 Å². The highest BCUT2D eigenvalue weighted by atomic mass is 32.2. The van der Waals surface area contributed by atoms with E-state index >= 15 is 0 Å². The first-order chi connectivity index (χ1) is 13.8. The molecular formula is C20H22N4O4S. The van der Waals surface area contributed by atoms with Crippen LogP contribution in [0.2, 0.25) is 0 Å². The predicted octanol–water partition coefficient (Wildman–Crippen LogP) is 2.52. The smallest absolute Gasteiger partial charge is 0.246 e. The molecule has 2 aromatic carbocycles. The van der Waals surface area contributed by atoms with Gasteiger partial charge >= 0.3 is 0 Å². The lowest BCUT2D eigenvalue weighted by Crippen LogP contribution is -2.47. The van der Waals surface area contributed by atoms with Gasteiger partial charge in [0.25, 0.3) is 0 Å². The summed E-state index contributed by atoms with van der Waals surface area (Å²) in [6, 6.07) is 15.2. The van der Waals surface area contributed by atoms with Crippen LogP contribution in [0.3, 0.4) is 0 Å². The Balaban J connectivity index is 1.70. The quantitative estimate of drug-likeness (QED) is 0.637. The van der Waals surface area contributed by atoms with Gasteiger partial charge in [0.15, 0.2) is 0 Å². The van der Waals surface area contributed by atoms with Gasteiger partial charge in [0, 0.05) is 5.56 Å². The monoisotopic (exact) mass is 414 g/mol. The molecule has 0 saturated heterocycles. The van der Waals surface area contributed by atoms with E-state index in [1.165, 1.54) is 6.92 Å². The number of aromatic nitrogens is 2. The molecule has 1 heterocycles. The van der Waals surface area contributed by atoms with Gasteiger partial charge in [-0.1, -0.05) is 47.1 Å². The largest absolute Gasteiger partial charge is 0.345 e. The number of sulfonamides is 1. The second-order valence-corrected chi connectivity index (χ2v) is 8.53. The van der Waals surface area contributed by atoms with Crippen molar-refractivity contribution in [1.82, 2.24) is 15.5 Å². The lowest BCUT2D eigenvalue weighted by Gasteiger charge is -2.28. The second kappa shape index (κ2) is 8.44. The maximum atomic E-state index is 12.6. The first-order valence-electron chi connectivity index (χ1n) is 8.97. The van der Waals surface area contributed by atoms with E-state index in [-0.39, 0.29) is 12.4 Å². The van der Waals surface area contributed by atoms with E-state index in [1.807, 2.05) is 31.2 Å². The lowest BCUT2D eigenvalue weighted by atomic mass is 10.1. The molecule has 1 amide bonds. The summed E-state index contributed by atoms with van der Waals surface area (Å²) in [5.41, 5.74) is 2.29. The molecule has 9 heteroatoms. The number of hydrogen-bond donors (Lipinski definition) is 1. The molecule has 29 heavy (non-hydrogen) atoms. The third-order valence-electron chi connectivity index (χ3n) is 4.26. The molecule has 1 atom stereocenters. The zero-order chi connectivity index (χ0) is 21.0. The summed E-state index contributed by atoms with van der Waals surface area (Å²) in [6.45, 7) is 3.48. The fourth-order valence-corrected chi connectivity index (χ4v) is 4.10. The van der Waals surface area contributed by atoms with Crippen LogP contribution in [0.25, 0.3) is 11.4 Å². The topological polar surface area (TPSA) is 105 Å². The van der Waals surface area contributed by atoms with Crippen LogP contribution in [0.1, 0.15) is 18.4 Å². The van der Waals surface area contributed by atoms with Gasteiger partial charge in [-0.15, -0.1) is 0 Å². The molecule has 0 spiro atoms. The van der Waals surface area contributed by atoms with Crippen molar-refractivity contribution in [2.45, 2.75) is 26.4 Å². The van der Waals surface area contributed by atoms with Crippen LogP contribution in [0.15, 0.2) is 59.1 Å². The number of rotatable bonds is 7. The Morgan fingerprint density at radius 1 is 1.17 bits per heavy atom. The van der Waals surface area contributed by atoms with Crippen molar-refractivity contribution in [2.75, 3.05) is 10.6 Å². The highest BCUT2D eigenvalue weighted by Crippen LogP contribution is 2.20. The molecule has 1 aromatic heterocycles. The van der Waals surface area contributed by atoms with Crippen LogP contribution in [-0.2, 0) is 21.4 Å². The number of aryl methyl sites for hydroxylation is 1. The van der Waals surface area contributed by atoms with E-state index in [0.717, 1.165) is 21.7 Å². The summed E-state index contributed by atoms with van der Waals surface area (Å²) in [4.78, 5) is 16.9. The average Bonchev–Trinajstić information content (AvgIpc) is 3.15. The van der Waals surface area contributed by atoms with Crippen LogP contribution in [0.5, 0.6) is 0 Å². The SMILES string of the molecule is Cc1cccc(-c2noc(CNC(=O)[C@H](C)N(c3ccccc3)S(C)(=O)=O)n2)c1. The minimum absolute atomic E-state index is 0.00557. The van der Waals surface area contributed by atoms with Crippen molar-refractivity contribution in [1.29, 1.82) is 0 Å². The number of amides is 1. The zero-order valence-corrected chi connectivity index (χ0v) is 17.2. The number of nitrogens with zero attached hydrogens (tertiary/aromatic N) is 3. The predicted molar refractivity (Wildman–Crippen MR) is 110 cm³/mol. The molecule has 0 aliphatic heterocycles. The molecule has 3 aromatic rings. The van der Waals surface area contributed by atoms with Gasteiger partial charge in [-0.25, -0.2) is 8.42 Å². The highest BCUT2D eigenvalue weighted by molar-refractivity contribution is 7.92. The third-order valence-corrected chi connectivity index (χ3v) is 5.50. The van der Waals surface area contributed by atoms with Crippen molar-refractivity contribution >= 4 is 21.6 Å². The summed E-state index contributed by atoms with van der Waals surface area (Å²) in [5.74, 6) is 0.176. The second-order valence-electron chi connectivity index (χ2n) is 6.67. The molecule has 1 N–H and O–H groups in total. The van der Waals surface area contributed by atoms with Crippen LogP contribution in [-0.4, -0.2) is 36.8 Å². The molecule has 0 saturated carbocycles. The number of carbonyl (C=O) groups is 1. The zero-order valence-electron chi connectivity index (χ0n) is 16.4. The van der Waals surface area contributed by atoms with Gasteiger partial charge in [-0.3, -0.25) is 9.10 Å². The fourth-order valence-electron chi connectivity index (χ4n) is 2.92. The van der Waals surface area contributed by atoms with Crippen LogP contribution in [0.4, 0.5) is 5.69 Å². The van der Waals surface area contributed by atoms with Crippen LogP contribution >= 0.6 is 0 Å². The Bertz CT molecular complexity index is 1100.